The van der Waals surface area contributed by atoms with Crippen molar-refractivity contribution in [2.45, 2.75) is 38.5 Å². The lowest BCUT2D eigenvalue weighted by Crippen LogP contribution is -2.14. The zero-order chi connectivity index (χ0) is 15.6. The molecular formula is C18H20N2O2. The predicted molar refractivity (Wildman–Crippen MR) is 83.8 cm³/mol. The summed E-state index contributed by atoms with van der Waals surface area (Å²) in [5.41, 5.74) is 3.22. The Morgan fingerprint density at radius 1 is 1.18 bits per heavy atom. The summed E-state index contributed by atoms with van der Waals surface area (Å²) in [5.74, 6) is 0.417. The monoisotopic (exact) mass is 296 g/mol. The number of aromatic nitrogens is 2. The van der Waals surface area contributed by atoms with E-state index in [1.165, 1.54) is 24.0 Å². The molecule has 1 aliphatic carbocycles. The molecule has 0 saturated heterocycles. The fourth-order valence-electron chi connectivity index (χ4n) is 2.69. The van der Waals surface area contributed by atoms with Crippen molar-refractivity contribution in [3.63, 3.8) is 0 Å². The van der Waals surface area contributed by atoms with E-state index < -0.39 is 0 Å². The summed E-state index contributed by atoms with van der Waals surface area (Å²) in [6.45, 7) is 4.24. The summed E-state index contributed by atoms with van der Waals surface area (Å²) in [6.07, 6.45) is 6.27. The van der Waals surface area contributed by atoms with E-state index in [4.69, 9.17) is 4.74 Å². The third-order valence-corrected chi connectivity index (χ3v) is 4.23. The minimum Gasteiger partial charge on any atom is -0.462 e. The molecule has 4 heteroatoms. The highest BCUT2D eigenvalue weighted by Crippen LogP contribution is 2.50. The van der Waals surface area contributed by atoms with Gasteiger partial charge in [-0.1, -0.05) is 29.8 Å². The molecule has 0 bridgehead atoms. The number of carbonyl (C=O) groups excluding carboxylic acids is 1. The fourth-order valence-corrected chi connectivity index (χ4v) is 2.69. The molecule has 1 aliphatic rings. The van der Waals surface area contributed by atoms with Crippen LogP contribution in [0.15, 0.2) is 36.7 Å². The lowest BCUT2D eigenvalue weighted by atomic mass is 9.91. The van der Waals surface area contributed by atoms with Gasteiger partial charge in [0.05, 0.1) is 12.2 Å². The second kappa shape index (κ2) is 5.87. The largest absolute Gasteiger partial charge is 0.462 e. The molecule has 3 rings (SSSR count). The van der Waals surface area contributed by atoms with Crippen LogP contribution in [0.4, 0.5) is 0 Å². The molecule has 0 N–H and O–H groups in total. The van der Waals surface area contributed by atoms with Gasteiger partial charge in [-0.2, -0.15) is 0 Å². The van der Waals surface area contributed by atoms with Crippen LogP contribution in [-0.4, -0.2) is 22.5 Å². The molecule has 0 radical (unpaired) electrons. The Morgan fingerprint density at radius 3 is 2.36 bits per heavy atom. The number of benzene rings is 1. The average molecular weight is 296 g/mol. The van der Waals surface area contributed by atoms with Gasteiger partial charge in [0.15, 0.2) is 0 Å². The third kappa shape index (κ3) is 3.01. The van der Waals surface area contributed by atoms with Crippen LogP contribution in [-0.2, 0) is 16.6 Å². The molecule has 1 aromatic heterocycles. The van der Waals surface area contributed by atoms with Crippen molar-refractivity contribution in [1.82, 2.24) is 9.97 Å². The number of rotatable bonds is 5. The van der Waals surface area contributed by atoms with Gasteiger partial charge in [-0.25, -0.2) is 14.8 Å². The van der Waals surface area contributed by atoms with Gasteiger partial charge in [0.25, 0.3) is 0 Å². The highest BCUT2D eigenvalue weighted by molar-refractivity contribution is 5.88. The van der Waals surface area contributed by atoms with Crippen molar-refractivity contribution in [3.8, 4) is 0 Å². The quantitative estimate of drug-likeness (QED) is 0.795. The molecule has 0 atom stereocenters. The van der Waals surface area contributed by atoms with Crippen LogP contribution in [0.25, 0.3) is 0 Å². The number of hydrogen-bond donors (Lipinski definition) is 0. The van der Waals surface area contributed by atoms with Crippen LogP contribution in [0, 0.1) is 6.92 Å². The highest BCUT2D eigenvalue weighted by Gasteiger charge is 2.44. The van der Waals surface area contributed by atoms with Crippen LogP contribution < -0.4 is 0 Å². The van der Waals surface area contributed by atoms with Gasteiger partial charge >= 0.3 is 5.97 Å². The molecule has 1 saturated carbocycles. The number of nitrogens with zero attached hydrogens (tertiary/aromatic N) is 2. The van der Waals surface area contributed by atoms with E-state index >= 15 is 0 Å². The van der Waals surface area contributed by atoms with Crippen LogP contribution in [0.3, 0.4) is 0 Å². The summed E-state index contributed by atoms with van der Waals surface area (Å²) in [5, 5.41) is 0. The molecular weight excluding hydrogens is 276 g/mol. The third-order valence-electron chi connectivity index (χ3n) is 4.23. The molecule has 2 aromatic rings. The molecule has 1 fully saturated rings. The van der Waals surface area contributed by atoms with Crippen molar-refractivity contribution >= 4 is 5.97 Å². The fraction of sp³-hybridized carbons (Fsp3) is 0.389. The highest BCUT2D eigenvalue weighted by atomic mass is 16.5. The van der Waals surface area contributed by atoms with Gasteiger partial charge < -0.3 is 4.74 Å². The minimum atomic E-state index is -0.367. The van der Waals surface area contributed by atoms with E-state index in [0.717, 1.165) is 12.2 Å². The normalized spacial score (nSPS) is 15.4. The van der Waals surface area contributed by atoms with E-state index in [9.17, 15) is 4.79 Å². The van der Waals surface area contributed by atoms with Gasteiger partial charge in [0, 0.05) is 24.2 Å². The van der Waals surface area contributed by atoms with Crippen molar-refractivity contribution in [3.05, 3.63) is 59.2 Å². The summed E-state index contributed by atoms with van der Waals surface area (Å²) in [4.78, 5) is 20.3. The maximum atomic E-state index is 11.6. The number of aryl methyl sites for hydroxylation is 1. The first-order chi connectivity index (χ1) is 10.6. The van der Waals surface area contributed by atoms with E-state index in [0.29, 0.717) is 12.2 Å². The first-order valence-corrected chi connectivity index (χ1v) is 7.68. The summed E-state index contributed by atoms with van der Waals surface area (Å²) in [7, 11) is 0. The van der Waals surface area contributed by atoms with Crippen molar-refractivity contribution in [2.24, 2.45) is 0 Å². The standard InChI is InChI=1S/C18H20N2O2/c1-3-22-17(21)14-11-19-16(20-12-14)10-18(8-9-18)15-6-4-13(2)5-7-15/h4-7,11-12H,3,8-10H2,1-2H3. The van der Waals surface area contributed by atoms with Gasteiger partial charge in [0.2, 0.25) is 0 Å². The first kappa shape index (κ1) is 14.7. The van der Waals surface area contributed by atoms with Gasteiger partial charge in [0.1, 0.15) is 5.82 Å². The maximum Gasteiger partial charge on any atom is 0.341 e. The Labute approximate surface area is 130 Å². The Bertz CT molecular complexity index is 658. The zero-order valence-corrected chi connectivity index (χ0v) is 13.0. The molecule has 114 valence electrons. The summed E-state index contributed by atoms with van der Waals surface area (Å²) < 4.78 is 4.94. The van der Waals surface area contributed by atoms with Crippen molar-refractivity contribution in [2.75, 3.05) is 6.61 Å². The number of hydrogen-bond acceptors (Lipinski definition) is 4. The number of carbonyl (C=O) groups is 1. The molecule has 1 heterocycles. The molecule has 22 heavy (non-hydrogen) atoms. The van der Waals surface area contributed by atoms with Gasteiger partial charge in [-0.15, -0.1) is 0 Å². The molecule has 0 aliphatic heterocycles. The molecule has 4 nitrogen and oxygen atoms in total. The second-order valence-corrected chi connectivity index (χ2v) is 5.93. The van der Waals surface area contributed by atoms with Crippen molar-refractivity contribution in [1.29, 1.82) is 0 Å². The van der Waals surface area contributed by atoms with Crippen LogP contribution in [0.1, 0.15) is 47.1 Å². The lowest BCUT2D eigenvalue weighted by Gasteiger charge is -2.15. The van der Waals surface area contributed by atoms with Gasteiger partial charge in [-0.05, 0) is 32.3 Å². The lowest BCUT2D eigenvalue weighted by molar-refractivity contribution is 0.0525. The van der Waals surface area contributed by atoms with E-state index in [-0.39, 0.29) is 11.4 Å². The maximum absolute atomic E-state index is 11.6. The van der Waals surface area contributed by atoms with Crippen LogP contribution >= 0.6 is 0 Å². The Morgan fingerprint density at radius 2 is 1.82 bits per heavy atom. The first-order valence-electron chi connectivity index (χ1n) is 7.68. The van der Waals surface area contributed by atoms with E-state index in [1.807, 2.05) is 0 Å². The Hall–Kier alpha value is -2.23. The SMILES string of the molecule is CCOC(=O)c1cnc(CC2(c3ccc(C)cc3)CC2)nc1. The van der Waals surface area contributed by atoms with Gasteiger partial charge in [-0.3, -0.25) is 0 Å². The molecule has 0 amide bonds. The smallest absolute Gasteiger partial charge is 0.341 e. The number of ether oxygens (including phenoxy) is 1. The van der Waals surface area contributed by atoms with Crippen molar-refractivity contribution < 1.29 is 9.53 Å². The van der Waals surface area contributed by atoms with E-state index in [1.54, 1.807) is 19.3 Å². The number of esters is 1. The molecule has 1 aromatic carbocycles. The minimum absolute atomic E-state index is 0.180. The second-order valence-electron chi connectivity index (χ2n) is 5.93. The average Bonchev–Trinajstić information content (AvgIpc) is 3.29. The molecule has 0 spiro atoms. The summed E-state index contributed by atoms with van der Waals surface area (Å²) in [6, 6.07) is 8.71. The van der Waals surface area contributed by atoms with Crippen LogP contribution in [0.5, 0.6) is 0 Å². The van der Waals surface area contributed by atoms with E-state index in [2.05, 4.69) is 41.2 Å². The molecule has 0 unspecified atom stereocenters. The Kier molecular flexibility index (Phi) is 3.92. The van der Waals surface area contributed by atoms with Crippen LogP contribution in [0.2, 0.25) is 0 Å². The zero-order valence-electron chi connectivity index (χ0n) is 13.0. The predicted octanol–water partition coefficient (Wildman–Crippen LogP) is 3.24. The summed E-state index contributed by atoms with van der Waals surface area (Å²) >= 11 is 0. The Balaban J connectivity index is 1.73. The topological polar surface area (TPSA) is 52.1 Å².